The van der Waals surface area contributed by atoms with E-state index in [-0.39, 0.29) is 11.9 Å². The number of rotatable bonds is 11. The number of hydrogen-bond acceptors (Lipinski definition) is 2. The normalized spacial score (nSPS) is 12.7. The fourth-order valence-corrected chi connectivity index (χ4v) is 2.11. The van der Waals surface area contributed by atoms with Crippen LogP contribution < -0.4 is 10.6 Å². The third kappa shape index (κ3) is 9.46. The molecule has 108 valence electrons. The highest BCUT2D eigenvalue weighted by atomic mass is 16.2. The second-order valence-electron chi connectivity index (χ2n) is 5.52. The summed E-state index contributed by atoms with van der Waals surface area (Å²) in [5.41, 5.74) is 0. The zero-order valence-corrected chi connectivity index (χ0v) is 12.7. The minimum atomic E-state index is -0.0226. The van der Waals surface area contributed by atoms with Crippen LogP contribution in [0, 0.1) is 5.92 Å². The van der Waals surface area contributed by atoms with Crippen LogP contribution in [0.25, 0.3) is 0 Å². The maximum Gasteiger partial charge on any atom is 0.236 e. The van der Waals surface area contributed by atoms with Crippen LogP contribution in [-0.2, 0) is 4.79 Å². The lowest BCUT2D eigenvalue weighted by Crippen LogP contribution is -2.44. The van der Waals surface area contributed by atoms with Crippen LogP contribution in [0.4, 0.5) is 0 Å². The van der Waals surface area contributed by atoms with E-state index in [1.807, 2.05) is 0 Å². The summed E-state index contributed by atoms with van der Waals surface area (Å²) in [6.45, 7) is 7.50. The summed E-state index contributed by atoms with van der Waals surface area (Å²) < 4.78 is 0. The molecule has 0 spiro atoms. The van der Waals surface area contributed by atoms with Crippen molar-refractivity contribution in [3.63, 3.8) is 0 Å². The maximum absolute atomic E-state index is 11.7. The molecule has 0 aliphatic heterocycles. The highest BCUT2D eigenvalue weighted by Gasteiger charge is 2.17. The molecule has 18 heavy (non-hydrogen) atoms. The highest BCUT2D eigenvalue weighted by molar-refractivity contribution is 5.81. The topological polar surface area (TPSA) is 41.1 Å². The quantitative estimate of drug-likeness (QED) is 0.558. The van der Waals surface area contributed by atoms with Crippen LogP contribution in [0.5, 0.6) is 0 Å². The van der Waals surface area contributed by atoms with E-state index in [2.05, 4.69) is 31.4 Å². The fraction of sp³-hybridized carbons (Fsp3) is 0.933. The highest BCUT2D eigenvalue weighted by Crippen LogP contribution is 2.07. The lowest BCUT2D eigenvalue weighted by atomic mass is 10.0. The van der Waals surface area contributed by atoms with Crippen LogP contribution in [0.3, 0.4) is 0 Å². The number of amides is 1. The number of carbonyl (C=O) groups excluding carboxylic acids is 1. The second kappa shape index (κ2) is 11.5. The van der Waals surface area contributed by atoms with Crippen molar-refractivity contribution >= 4 is 5.91 Å². The van der Waals surface area contributed by atoms with Gasteiger partial charge in [0.2, 0.25) is 5.91 Å². The van der Waals surface area contributed by atoms with E-state index in [9.17, 15) is 4.79 Å². The monoisotopic (exact) mass is 256 g/mol. The molecule has 0 bridgehead atoms. The predicted octanol–water partition coefficient (Wildman–Crippen LogP) is 3.10. The molecule has 0 aromatic rings. The molecule has 0 saturated carbocycles. The molecule has 0 aliphatic carbocycles. The van der Waals surface area contributed by atoms with Gasteiger partial charge >= 0.3 is 0 Å². The number of unbranched alkanes of at least 4 members (excludes halogenated alkanes) is 5. The van der Waals surface area contributed by atoms with Gasteiger partial charge in [0.05, 0.1) is 6.04 Å². The lowest BCUT2D eigenvalue weighted by Gasteiger charge is -2.19. The van der Waals surface area contributed by atoms with Gasteiger partial charge in [-0.05, 0) is 25.3 Å². The maximum atomic E-state index is 11.7. The minimum absolute atomic E-state index is 0.0226. The van der Waals surface area contributed by atoms with E-state index < -0.39 is 0 Å². The zero-order valence-electron chi connectivity index (χ0n) is 12.7. The van der Waals surface area contributed by atoms with Gasteiger partial charge in [-0.25, -0.2) is 0 Å². The number of hydrogen-bond donors (Lipinski definition) is 2. The Kier molecular flexibility index (Phi) is 11.2. The van der Waals surface area contributed by atoms with E-state index >= 15 is 0 Å². The second-order valence-corrected chi connectivity index (χ2v) is 5.52. The molecule has 0 saturated heterocycles. The first kappa shape index (κ1) is 17.4. The van der Waals surface area contributed by atoms with Gasteiger partial charge in [-0.15, -0.1) is 0 Å². The molecule has 1 atom stereocenters. The smallest absolute Gasteiger partial charge is 0.236 e. The summed E-state index contributed by atoms with van der Waals surface area (Å²) in [4.78, 5) is 11.7. The van der Waals surface area contributed by atoms with Gasteiger partial charge in [-0.2, -0.15) is 0 Å². The van der Waals surface area contributed by atoms with Crippen molar-refractivity contribution in [3.8, 4) is 0 Å². The average Bonchev–Trinajstić information content (AvgIpc) is 2.34. The molecule has 3 nitrogen and oxygen atoms in total. The third-order valence-corrected chi connectivity index (χ3v) is 3.19. The Morgan fingerprint density at radius 2 is 1.67 bits per heavy atom. The summed E-state index contributed by atoms with van der Waals surface area (Å²) in [6, 6.07) is -0.0226. The van der Waals surface area contributed by atoms with Crippen molar-refractivity contribution in [1.82, 2.24) is 10.6 Å². The van der Waals surface area contributed by atoms with Gasteiger partial charge in [-0.3, -0.25) is 4.79 Å². The Morgan fingerprint density at radius 3 is 2.22 bits per heavy atom. The first-order chi connectivity index (χ1) is 8.61. The Morgan fingerprint density at radius 1 is 1.06 bits per heavy atom. The van der Waals surface area contributed by atoms with Crippen molar-refractivity contribution in [3.05, 3.63) is 0 Å². The van der Waals surface area contributed by atoms with Crippen molar-refractivity contribution in [2.45, 2.75) is 71.8 Å². The zero-order chi connectivity index (χ0) is 13.8. The minimum Gasteiger partial charge on any atom is -0.358 e. The van der Waals surface area contributed by atoms with Gasteiger partial charge in [0.25, 0.3) is 0 Å². The van der Waals surface area contributed by atoms with Gasteiger partial charge in [0.15, 0.2) is 0 Å². The van der Waals surface area contributed by atoms with Crippen LogP contribution in [0.15, 0.2) is 0 Å². The Labute approximate surface area is 113 Å². The summed E-state index contributed by atoms with van der Waals surface area (Å²) in [5, 5.41) is 6.12. The molecule has 0 fully saturated rings. The van der Waals surface area contributed by atoms with E-state index in [1.165, 1.54) is 38.5 Å². The largest absolute Gasteiger partial charge is 0.358 e. The van der Waals surface area contributed by atoms with Crippen LogP contribution >= 0.6 is 0 Å². The Balaban J connectivity index is 3.66. The van der Waals surface area contributed by atoms with Crippen molar-refractivity contribution < 1.29 is 4.79 Å². The van der Waals surface area contributed by atoms with Crippen molar-refractivity contribution in [1.29, 1.82) is 0 Å². The molecule has 0 rings (SSSR count). The number of carbonyl (C=O) groups is 1. The Hall–Kier alpha value is -0.570. The Bertz CT molecular complexity index is 205. The lowest BCUT2D eigenvalue weighted by molar-refractivity contribution is -0.123. The first-order valence-corrected chi connectivity index (χ1v) is 7.56. The standard InChI is InChI=1S/C15H32N2O/c1-5-6-7-8-9-10-11-17-14(12-13(2)3)15(18)16-4/h13-14,17H,5-12H2,1-4H3,(H,16,18). The molecule has 0 aromatic heterocycles. The summed E-state index contributed by atoms with van der Waals surface area (Å²) in [7, 11) is 1.71. The third-order valence-electron chi connectivity index (χ3n) is 3.19. The molecular formula is C15H32N2O. The molecule has 0 radical (unpaired) electrons. The predicted molar refractivity (Wildman–Crippen MR) is 78.7 cm³/mol. The summed E-state index contributed by atoms with van der Waals surface area (Å²) in [5.74, 6) is 0.666. The van der Waals surface area contributed by atoms with E-state index in [1.54, 1.807) is 7.05 Å². The molecule has 0 aliphatic rings. The number of nitrogens with one attached hydrogen (secondary N) is 2. The molecule has 0 aromatic carbocycles. The summed E-state index contributed by atoms with van der Waals surface area (Å²) >= 11 is 0. The molecule has 2 N–H and O–H groups in total. The van der Waals surface area contributed by atoms with E-state index in [4.69, 9.17) is 0 Å². The average molecular weight is 256 g/mol. The van der Waals surface area contributed by atoms with Crippen LogP contribution in [0.2, 0.25) is 0 Å². The van der Waals surface area contributed by atoms with Gasteiger partial charge in [-0.1, -0.05) is 52.9 Å². The van der Waals surface area contributed by atoms with Gasteiger partial charge in [0, 0.05) is 7.05 Å². The molecule has 1 amide bonds. The van der Waals surface area contributed by atoms with Crippen LogP contribution in [-0.4, -0.2) is 25.5 Å². The molecule has 3 heteroatoms. The van der Waals surface area contributed by atoms with E-state index in [0.717, 1.165) is 13.0 Å². The van der Waals surface area contributed by atoms with Crippen LogP contribution in [0.1, 0.15) is 65.7 Å². The molecule has 1 unspecified atom stereocenters. The SMILES string of the molecule is CCCCCCCCNC(CC(C)C)C(=O)NC. The van der Waals surface area contributed by atoms with E-state index in [0.29, 0.717) is 5.92 Å². The molecular weight excluding hydrogens is 224 g/mol. The van der Waals surface area contributed by atoms with Gasteiger partial charge in [0.1, 0.15) is 0 Å². The molecule has 0 heterocycles. The van der Waals surface area contributed by atoms with Gasteiger partial charge < -0.3 is 10.6 Å². The first-order valence-electron chi connectivity index (χ1n) is 7.56. The number of likely N-dealkylation sites (N-methyl/N-ethyl adjacent to an activating group) is 1. The fourth-order valence-electron chi connectivity index (χ4n) is 2.11. The van der Waals surface area contributed by atoms with Crippen molar-refractivity contribution in [2.24, 2.45) is 5.92 Å². The van der Waals surface area contributed by atoms with Crippen molar-refractivity contribution in [2.75, 3.05) is 13.6 Å². The summed E-state index contributed by atoms with van der Waals surface area (Å²) in [6.07, 6.45) is 8.68.